The molecule has 0 amide bonds. The van der Waals surface area contributed by atoms with Crippen LogP contribution in [0.2, 0.25) is 0 Å². The molecule has 0 aliphatic carbocycles. The van der Waals surface area contributed by atoms with Crippen LogP contribution in [0.15, 0.2) is 62.9 Å². The van der Waals surface area contributed by atoms with Crippen molar-refractivity contribution in [1.29, 1.82) is 0 Å². The topological polar surface area (TPSA) is 125 Å². The number of hydrogen-bond donors (Lipinski definition) is 1. The molecule has 0 bridgehead atoms. The minimum Gasteiger partial charge on any atom is -0.394 e. The molecular weight excluding hydrogens is 360 g/mol. The van der Waals surface area contributed by atoms with Crippen molar-refractivity contribution in [3.8, 4) is 0 Å². The number of nitro groups is 1. The van der Waals surface area contributed by atoms with Crippen LogP contribution in [-0.2, 0) is 10.0 Å². The number of nitro benzene ring substituents is 1. The first-order chi connectivity index (χ1) is 12.4. The van der Waals surface area contributed by atoms with Gasteiger partial charge in [-0.25, -0.2) is 5.01 Å². The first kappa shape index (κ1) is 17.7. The van der Waals surface area contributed by atoms with Gasteiger partial charge in [-0.2, -0.15) is 13.5 Å². The van der Waals surface area contributed by atoms with Gasteiger partial charge < -0.3 is 5.11 Å². The predicted octanol–water partition coefficient (Wildman–Crippen LogP) is 1.37. The fraction of sp³-hybridized carbons (Fsp3) is 0.125. The average Bonchev–Trinajstić information content (AvgIpc) is 2.90. The van der Waals surface area contributed by atoms with Gasteiger partial charge in [0.2, 0.25) is 0 Å². The number of hydrogen-bond acceptors (Lipinski definition) is 7. The Morgan fingerprint density at radius 2 is 1.88 bits per heavy atom. The van der Waals surface area contributed by atoms with E-state index in [9.17, 15) is 23.6 Å². The number of sulfonamides is 1. The van der Waals surface area contributed by atoms with Crippen LogP contribution in [0.4, 0.5) is 5.69 Å². The zero-order chi connectivity index (χ0) is 18.7. The first-order valence-corrected chi connectivity index (χ1v) is 8.97. The molecule has 10 heteroatoms. The number of fused-ring (bicyclic) bond motifs is 1. The van der Waals surface area contributed by atoms with Crippen molar-refractivity contribution in [3.05, 3.63) is 69.8 Å². The maximum atomic E-state index is 12.2. The smallest absolute Gasteiger partial charge is 0.285 e. The standard InChI is InChI=1S/C16H14N4O5S/c21-10-9-19(17-11-12-5-7-13(8-6-12)20(22)23)16-14-3-1-2-4-15(14)26(24,25)18-16/h1-8,11,21H,9-10H2. The minimum absolute atomic E-state index is 0.0339. The van der Waals surface area contributed by atoms with E-state index >= 15 is 0 Å². The molecule has 1 heterocycles. The SMILES string of the molecule is O=[N+]([O-])c1ccc(C=NN(CCO)C2=NS(=O)(=O)c3ccccc32)cc1. The minimum atomic E-state index is -3.80. The van der Waals surface area contributed by atoms with Crippen molar-refractivity contribution in [1.82, 2.24) is 5.01 Å². The molecule has 1 N–H and O–H groups in total. The van der Waals surface area contributed by atoms with E-state index in [2.05, 4.69) is 9.50 Å². The summed E-state index contributed by atoms with van der Waals surface area (Å²) < 4.78 is 28.1. The molecular formula is C16H14N4O5S. The maximum Gasteiger partial charge on any atom is 0.285 e. The Morgan fingerprint density at radius 1 is 1.19 bits per heavy atom. The van der Waals surface area contributed by atoms with Gasteiger partial charge in [0.15, 0.2) is 5.84 Å². The Labute approximate surface area is 149 Å². The third-order valence-electron chi connectivity index (χ3n) is 3.62. The Kier molecular flexibility index (Phi) is 4.78. The first-order valence-electron chi connectivity index (χ1n) is 7.53. The van der Waals surface area contributed by atoms with E-state index in [-0.39, 0.29) is 29.6 Å². The maximum absolute atomic E-state index is 12.2. The van der Waals surface area contributed by atoms with Crippen LogP contribution in [0.25, 0.3) is 0 Å². The van der Waals surface area contributed by atoms with Gasteiger partial charge in [0, 0.05) is 17.7 Å². The normalized spacial score (nSPS) is 14.9. The van der Waals surface area contributed by atoms with Gasteiger partial charge in [0.25, 0.3) is 15.7 Å². The zero-order valence-corrected chi connectivity index (χ0v) is 14.2. The number of aliphatic hydroxyl groups excluding tert-OH is 1. The summed E-state index contributed by atoms with van der Waals surface area (Å²) in [5.41, 5.74) is 0.935. The van der Waals surface area contributed by atoms with Gasteiger partial charge in [-0.3, -0.25) is 10.1 Å². The molecule has 0 saturated carbocycles. The highest BCUT2D eigenvalue weighted by Crippen LogP contribution is 2.27. The molecule has 1 aliphatic rings. The number of rotatable bonds is 5. The summed E-state index contributed by atoms with van der Waals surface area (Å²) in [6.07, 6.45) is 1.41. The van der Waals surface area contributed by atoms with Crippen molar-refractivity contribution in [2.75, 3.05) is 13.2 Å². The van der Waals surface area contributed by atoms with E-state index in [0.29, 0.717) is 11.1 Å². The van der Waals surface area contributed by atoms with E-state index in [0.717, 1.165) is 0 Å². The van der Waals surface area contributed by atoms with Gasteiger partial charge in [-0.1, -0.05) is 12.1 Å². The zero-order valence-electron chi connectivity index (χ0n) is 13.4. The van der Waals surface area contributed by atoms with E-state index < -0.39 is 14.9 Å². The van der Waals surface area contributed by atoms with E-state index in [1.54, 1.807) is 18.2 Å². The molecule has 9 nitrogen and oxygen atoms in total. The molecule has 0 unspecified atom stereocenters. The van der Waals surface area contributed by atoms with Crippen LogP contribution in [0.1, 0.15) is 11.1 Å². The lowest BCUT2D eigenvalue weighted by Gasteiger charge is -2.17. The van der Waals surface area contributed by atoms with Crippen molar-refractivity contribution in [3.63, 3.8) is 0 Å². The van der Waals surface area contributed by atoms with Gasteiger partial charge in [-0.15, -0.1) is 4.40 Å². The second kappa shape index (κ2) is 7.02. The van der Waals surface area contributed by atoms with E-state index in [1.165, 1.54) is 41.6 Å². The third kappa shape index (κ3) is 3.46. The Balaban J connectivity index is 1.92. The molecule has 0 aromatic heterocycles. The highest BCUT2D eigenvalue weighted by Gasteiger charge is 2.31. The highest BCUT2D eigenvalue weighted by atomic mass is 32.2. The van der Waals surface area contributed by atoms with E-state index in [4.69, 9.17) is 0 Å². The highest BCUT2D eigenvalue weighted by molar-refractivity contribution is 7.90. The Morgan fingerprint density at radius 3 is 2.54 bits per heavy atom. The van der Waals surface area contributed by atoms with Crippen LogP contribution >= 0.6 is 0 Å². The fourth-order valence-corrected chi connectivity index (χ4v) is 3.61. The summed E-state index contributed by atoms with van der Waals surface area (Å²) in [6, 6.07) is 12.1. The Bertz CT molecular complexity index is 1000. The molecule has 0 atom stereocenters. The summed E-state index contributed by atoms with van der Waals surface area (Å²) in [5, 5.41) is 25.4. The second-order valence-corrected chi connectivity index (χ2v) is 6.90. The predicted molar refractivity (Wildman–Crippen MR) is 94.6 cm³/mol. The molecule has 0 radical (unpaired) electrons. The molecule has 3 rings (SSSR count). The molecule has 0 fully saturated rings. The average molecular weight is 374 g/mol. The van der Waals surface area contributed by atoms with Crippen LogP contribution in [0.3, 0.4) is 0 Å². The number of nitrogens with zero attached hydrogens (tertiary/aromatic N) is 4. The molecule has 0 spiro atoms. The third-order valence-corrected chi connectivity index (χ3v) is 4.94. The van der Waals surface area contributed by atoms with Gasteiger partial charge in [0.1, 0.15) is 4.90 Å². The second-order valence-electron chi connectivity index (χ2n) is 5.33. The van der Waals surface area contributed by atoms with Crippen molar-refractivity contribution < 1.29 is 18.4 Å². The summed E-state index contributed by atoms with van der Waals surface area (Å²) in [7, 11) is -3.80. The molecule has 26 heavy (non-hydrogen) atoms. The number of benzene rings is 2. The molecule has 134 valence electrons. The fourth-order valence-electron chi connectivity index (χ4n) is 2.41. The number of hydrazone groups is 1. The number of amidine groups is 1. The van der Waals surface area contributed by atoms with E-state index in [1.807, 2.05) is 0 Å². The largest absolute Gasteiger partial charge is 0.394 e. The molecule has 2 aromatic rings. The van der Waals surface area contributed by atoms with Gasteiger partial charge in [0.05, 0.1) is 24.3 Å². The van der Waals surface area contributed by atoms with Crippen molar-refractivity contribution >= 4 is 27.8 Å². The van der Waals surface area contributed by atoms with Crippen LogP contribution in [0, 0.1) is 10.1 Å². The lowest BCUT2D eigenvalue weighted by atomic mass is 10.2. The molecule has 0 saturated heterocycles. The summed E-state index contributed by atoms with van der Waals surface area (Å²) in [6.45, 7) is -0.231. The van der Waals surface area contributed by atoms with Crippen molar-refractivity contribution in [2.45, 2.75) is 4.90 Å². The lowest BCUT2D eigenvalue weighted by molar-refractivity contribution is -0.384. The monoisotopic (exact) mass is 374 g/mol. The van der Waals surface area contributed by atoms with Gasteiger partial charge >= 0.3 is 0 Å². The Hall–Kier alpha value is -3.11. The van der Waals surface area contributed by atoms with Gasteiger partial charge in [-0.05, 0) is 29.8 Å². The number of non-ortho nitro benzene ring substituents is 1. The molecule has 2 aromatic carbocycles. The summed E-state index contributed by atoms with van der Waals surface area (Å²) >= 11 is 0. The van der Waals surface area contributed by atoms with Crippen LogP contribution < -0.4 is 0 Å². The molecule has 1 aliphatic heterocycles. The summed E-state index contributed by atoms with van der Waals surface area (Å²) in [5.74, 6) is 0.118. The summed E-state index contributed by atoms with van der Waals surface area (Å²) in [4.78, 5) is 10.3. The van der Waals surface area contributed by atoms with Crippen LogP contribution in [-0.4, -0.2) is 48.7 Å². The lowest BCUT2D eigenvalue weighted by Crippen LogP contribution is -2.28. The quantitative estimate of drug-likeness (QED) is 0.479. The van der Waals surface area contributed by atoms with Crippen molar-refractivity contribution in [2.24, 2.45) is 9.50 Å². The van der Waals surface area contributed by atoms with Crippen LogP contribution in [0.5, 0.6) is 0 Å². The number of aliphatic hydroxyl groups is 1.